The third-order valence-corrected chi connectivity index (χ3v) is 2.62. The summed E-state index contributed by atoms with van der Waals surface area (Å²) >= 11 is 0. The van der Waals surface area contributed by atoms with Crippen molar-refractivity contribution in [3.05, 3.63) is 23.8 Å². The van der Waals surface area contributed by atoms with Crippen molar-refractivity contribution in [3.63, 3.8) is 0 Å². The Balaban J connectivity index is 0.00000256. The number of halogens is 1. The summed E-state index contributed by atoms with van der Waals surface area (Å²) in [6.07, 6.45) is 2.74. The Kier molecular flexibility index (Phi) is 7.70. The fourth-order valence-electron chi connectivity index (χ4n) is 1.67. The number of hydrogen-bond donors (Lipinski definition) is 3. The van der Waals surface area contributed by atoms with E-state index in [0.717, 1.165) is 24.8 Å². The molecule has 1 rings (SSSR count). The molecule has 5 heteroatoms. The number of unbranched alkanes of at least 4 members (excludes halogenated alkanes) is 1. The topological polar surface area (TPSA) is 81.5 Å². The van der Waals surface area contributed by atoms with Crippen LogP contribution < -0.4 is 16.2 Å². The van der Waals surface area contributed by atoms with Gasteiger partial charge < -0.3 is 21.3 Å². The van der Waals surface area contributed by atoms with Gasteiger partial charge >= 0.3 is 0 Å². The second kappa shape index (κ2) is 8.17. The molecule has 1 aromatic carbocycles. The van der Waals surface area contributed by atoms with Gasteiger partial charge in [-0.05, 0) is 25.5 Å². The molecule has 0 aromatic heterocycles. The van der Waals surface area contributed by atoms with Gasteiger partial charge in [-0.3, -0.25) is 0 Å². The summed E-state index contributed by atoms with van der Waals surface area (Å²) in [6, 6.07) is 5.20. The minimum atomic E-state index is -0.165. The van der Waals surface area contributed by atoms with Crippen LogP contribution >= 0.6 is 12.4 Å². The van der Waals surface area contributed by atoms with E-state index in [-0.39, 0.29) is 24.2 Å². The second-order valence-corrected chi connectivity index (χ2v) is 3.79. The van der Waals surface area contributed by atoms with Gasteiger partial charge in [0.1, 0.15) is 0 Å². The van der Waals surface area contributed by atoms with Crippen molar-refractivity contribution in [1.82, 2.24) is 0 Å². The Morgan fingerprint density at radius 1 is 1.35 bits per heavy atom. The van der Waals surface area contributed by atoms with Crippen LogP contribution in [0.5, 0.6) is 11.5 Å². The lowest BCUT2D eigenvalue weighted by atomic mass is 10.0. The van der Waals surface area contributed by atoms with E-state index in [1.54, 1.807) is 6.07 Å². The Bertz CT molecular complexity index is 334. The monoisotopic (exact) mass is 260 g/mol. The molecule has 0 unspecified atom stereocenters. The maximum absolute atomic E-state index is 9.89. The Labute approximate surface area is 108 Å². The summed E-state index contributed by atoms with van der Waals surface area (Å²) in [6.45, 7) is 0.677. The molecule has 1 aromatic rings. The van der Waals surface area contributed by atoms with Gasteiger partial charge in [0.25, 0.3) is 0 Å². The van der Waals surface area contributed by atoms with Crippen LogP contribution in [0.3, 0.4) is 0 Å². The lowest BCUT2D eigenvalue weighted by Crippen LogP contribution is -2.11. The molecule has 0 aliphatic carbocycles. The molecule has 17 heavy (non-hydrogen) atoms. The number of para-hydroxylation sites is 1. The standard InChI is InChI=1S/C12H20N2O2.ClH/c1-16-11-7-4-5-9(12(11)15)10(14)6-2-3-8-13;/h4-5,7,10,15H,2-3,6,8,13-14H2,1H3;1H/t10-;/m0./s1. The molecule has 0 saturated carbocycles. The molecule has 4 nitrogen and oxygen atoms in total. The highest BCUT2D eigenvalue weighted by Crippen LogP contribution is 2.33. The van der Waals surface area contributed by atoms with Crippen LogP contribution in [0.2, 0.25) is 0 Å². The molecule has 0 heterocycles. The van der Waals surface area contributed by atoms with Crippen molar-refractivity contribution < 1.29 is 9.84 Å². The molecule has 0 bridgehead atoms. The number of aromatic hydroxyl groups is 1. The largest absolute Gasteiger partial charge is 0.504 e. The zero-order valence-electron chi connectivity index (χ0n) is 10.1. The number of benzene rings is 1. The van der Waals surface area contributed by atoms with Crippen LogP contribution in [0.4, 0.5) is 0 Å². The van der Waals surface area contributed by atoms with Crippen molar-refractivity contribution >= 4 is 12.4 Å². The molecule has 0 saturated heterocycles. The molecular formula is C12H21ClN2O2. The summed E-state index contributed by atoms with van der Waals surface area (Å²) < 4.78 is 5.04. The van der Waals surface area contributed by atoms with Gasteiger partial charge in [-0.2, -0.15) is 0 Å². The lowest BCUT2D eigenvalue weighted by Gasteiger charge is -2.15. The molecule has 0 fully saturated rings. The fourth-order valence-corrected chi connectivity index (χ4v) is 1.67. The first kappa shape index (κ1) is 16.0. The van der Waals surface area contributed by atoms with Gasteiger partial charge in [-0.1, -0.05) is 18.6 Å². The predicted octanol–water partition coefficient (Wildman–Crippen LogP) is 1.95. The van der Waals surface area contributed by atoms with Crippen molar-refractivity contribution in [2.45, 2.75) is 25.3 Å². The number of rotatable bonds is 6. The van der Waals surface area contributed by atoms with Crippen molar-refractivity contribution in [1.29, 1.82) is 0 Å². The Morgan fingerprint density at radius 3 is 2.65 bits per heavy atom. The smallest absolute Gasteiger partial charge is 0.162 e. The Hall–Kier alpha value is -0.970. The van der Waals surface area contributed by atoms with Crippen LogP contribution in [-0.4, -0.2) is 18.8 Å². The number of nitrogens with two attached hydrogens (primary N) is 2. The summed E-state index contributed by atoms with van der Waals surface area (Å²) in [4.78, 5) is 0. The van der Waals surface area contributed by atoms with E-state index in [1.807, 2.05) is 12.1 Å². The quantitative estimate of drug-likeness (QED) is 0.683. The van der Waals surface area contributed by atoms with Crippen LogP contribution in [0.15, 0.2) is 18.2 Å². The summed E-state index contributed by atoms with van der Waals surface area (Å²) in [5.74, 6) is 0.608. The van der Waals surface area contributed by atoms with E-state index in [0.29, 0.717) is 12.3 Å². The average molecular weight is 261 g/mol. The van der Waals surface area contributed by atoms with Gasteiger partial charge in [0.05, 0.1) is 7.11 Å². The number of phenolic OH excluding ortho intramolecular Hbond substituents is 1. The second-order valence-electron chi connectivity index (χ2n) is 3.79. The fraction of sp³-hybridized carbons (Fsp3) is 0.500. The molecule has 0 aliphatic rings. The summed E-state index contributed by atoms with van der Waals surface area (Å²) in [5.41, 5.74) is 12.2. The first-order valence-corrected chi connectivity index (χ1v) is 5.52. The SMILES string of the molecule is COc1cccc([C@@H](N)CCCCN)c1O.Cl. The van der Waals surface area contributed by atoms with Gasteiger partial charge in [-0.25, -0.2) is 0 Å². The van der Waals surface area contributed by atoms with E-state index in [4.69, 9.17) is 16.2 Å². The van der Waals surface area contributed by atoms with E-state index >= 15 is 0 Å². The summed E-state index contributed by atoms with van der Waals surface area (Å²) in [5, 5.41) is 9.89. The predicted molar refractivity (Wildman–Crippen MR) is 71.7 cm³/mol. The summed E-state index contributed by atoms with van der Waals surface area (Å²) in [7, 11) is 1.53. The molecular weight excluding hydrogens is 240 g/mol. The van der Waals surface area contributed by atoms with E-state index < -0.39 is 0 Å². The van der Waals surface area contributed by atoms with Gasteiger partial charge in [0.15, 0.2) is 11.5 Å². The Morgan fingerprint density at radius 2 is 2.06 bits per heavy atom. The highest BCUT2D eigenvalue weighted by Gasteiger charge is 2.13. The van der Waals surface area contributed by atoms with E-state index in [1.165, 1.54) is 7.11 Å². The van der Waals surface area contributed by atoms with Gasteiger partial charge in [-0.15, -0.1) is 12.4 Å². The minimum absolute atomic E-state index is 0. The number of methoxy groups -OCH3 is 1. The molecule has 0 amide bonds. The van der Waals surface area contributed by atoms with Crippen LogP contribution in [0.25, 0.3) is 0 Å². The number of hydrogen-bond acceptors (Lipinski definition) is 4. The zero-order chi connectivity index (χ0) is 12.0. The van der Waals surface area contributed by atoms with E-state index in [2.05, 4.69) is 0 Å². The van der Waals surface area contributed by atoms with E-state index in [9.17, 15) is 5.11 Å². The molecule has 1 atom stereocenters. The van der Waals surface area contributed by atoms with Gasteiger partial charge in [0, 0.05) is 11.6 Å². The molecule has 0 aliphatic heterocycles. The maximum atomic E-state index is 9.89. The highest BCUT2D eigenvalue weighted by molar-refractivity contribution is 5.85. The van der Waals surface area contributed by atoms with Crippen LogP contribution in [-0.2, 0) is 0 Å². The first-order valence-electron chi connectivity index (χ1n) is 5.52. The normalized spacial score (nSPS) is 11.7. The average Bonchev–Trinajstić information content (AvgIpc) is 2.29. The van der Waals surface area contributed by atoms with Crippen LogP contribution in [0.1, 0.15) is 30.9 Å². The van der Waals surface area contributed by atoms with Crippen LogP contribution in [0, 0.1) is 0 Å². The highest BCUT2D eigenvalue weighted by atomic mass is 35.5. The third kappa shape index (κ3) is 4.42. The van der Waals surface area contributed by atoms with Crippen molar-refractivity contribution in [3.8, 4) is 11.5 Å². The van der Waals surface area contributed by atoms with Gasteiger partial charge in [0.2, 0.25) is 0 Å². The van der Waals surface area contributed by atoms with Crippen molar-refractivity contribution in [2.75, 3.05) is 13.7 Å². The lowest BCUT2D eigenvalue weighted by molar-refractivity contribution is 0.367. The first-order chi connectivity index (χ1) is 7.70. The van der Waals surface area contributed by atoms with Crippen molar-refractivity contribution in [2.24, 2.45) is 11.5 Å². The minimum Gasteiger partial charge on any atom is -0.504 e. The molecule has 0 radical (unpaired) electrons. The number of ether oxygens (including phenoxy) is 1. The number of phenols is 1. The molecule has 0 spiro atoms. The molecule has 98 valence electrons. The molecule has 5 N–H and O–H groups in total. The third-order valence-electron chi connectivity index (χ3n) is 2.62. The maximum Gasteiger partial charge on any atom is 0.162 e. The zero-order valence-corrected chi connectivity index (χ0v) is 10.9.